The Morgan fingerprint density at radius 1 is 1.29 bits per heavy atom. The van der Waals surface area contributed by atoms with Gasteiger partial charge in [0, 0.05) is 12.6 Å². The molecule has 4 heteroatoms. The molecule has 2 rings (SSSR count). The predicted molar refractivity (Wildman–Crippen MR) is 82.9 cm³/mol. The lowest BCUT2D eigenvalue weighted by molar-refractivity contribution is 0.298. The first-order valence-corrected chi connectivity index (χ1v) is 7.15. The van der Waals surface area contributed by atoms with Crippen LogP contribution in [0, 0.1) is 16.7 Å². The maximum Gasteiger partial charge on any atom is 0.126 e. The molecule has 1 N–H and O–H groups in total. The number of aryl methyl sites for hydroxylation is 1. The molecule has 0 aliphatic carbocycles. The summed E-state index contributed by atoms with van der Waals surface area (Å²) in [5.41, 5.74) is 0.525. The highest BCUT2D eigenvalue weighted by molar-refractivity contribution is 5.41. The van der Waals surface area contributed by atoms with Crippen LogP contribution in [-0.4, -0.2) is 4.98 Å². The molecule has 0 saturated heterocycles. The van der Waals surface area contributed by atoms with E-state index >= 15 is 0 Å². The zero-order chi connectivity index (χ0) is 15.5. The Hall–Kier alpha value is -2.28. The van der Waals surface area contributed by atoms with Crippen LogP contribution in [0.4, 0.5) is 5.82 Å². The lowest BCUT2D eigenvalue weighted by Crippen LogP contribution is -2.25. The topological polar surface area (TPSA) is 61.9 Å². The Morgan fingerprint density at radius 3 is 2.52 bits per heavy atom. The van der Waals surface area contributed by atoms with Gasteiger partial charge in [0.25, 0.3) is 0 Å². The Balaban J connectivity index is 2.26. The first kappa shape index (κ1) is 15.1. The molecule has 0 aliphatic rings. The maximum atomic E-state index is 8.82. The molecule has 0 fully saturated rings. The van der Waals surface area contributed by atoms with E-state index in [2.05, 4.69) is 44.1 Å². The summed E-state index contributed by atoms with van der Waals surface area (Å²) in [6.07, 6.45) is 2.45. The molecule has 0 saturated carbocycles. The first-order valence-electron chi connectivity index (χ1n) is 7.15. The normalized spacial score (nSPS) is 12.7. The molecular formula is C17H21N3O. The highest BCUT2D eigenvalue weighted by atomic mass is 16.3. The van der Waals surface area contributed by atoms with E-state index in [9.17, 15) is 0 Å². The number of nitrogens with zero attached hydrogens (tertiary/aromatic N) is 2. The van der Waals surface area contributed by atoms with E-state index in [0.717, 1.165) is 23.8 Å². The first-order chi connectivity index (χ1) is 9.94. The standard InChI is InChI=1S/C17H21N3O/c1-5-13-7-8-14(21-13)16(17(2,3)4)20-15-9-6-12(10-18)11-19-15/h6-9,11,16H,5H2,1-4H3,(H,19,20). The number of anilines is 1. The Morgan fingerprint density at radius 2 is 2.05 bits per heavy atom. The summed E-state index contributed by atoms with van der Waals surface area (Å²) in [6, 6.07) is 9.70. The summed E-state index contributed by atoms with van der Waals surface area (Å²) in [5, 5.41) is 12.2. The summed E-state index contributed by atoms with van der Waals surface area (Å²) in [5.74, 6) is 2.63. The van der Waals surface area contributed by atoms with Crippen LogP contribution in [0.3, 0.4) is 0 Å². The lowest BCUT2D eigenvalue weighted by Gasteiger charge is -2.30. The van der Waals surface area contributed by atoms with Crippen molar-refractivity contribution in [3.63, 3.8) is 0 Å². The zero-order valence-corrected chi connectivity index (χ0v) is 13.0. The van der Waals surface area contributed by atoms with Crippen molar-refractivity contribution in [3.8, 4) is 6.07 Å². The number of nitrogens with one attached hydrogen (secondary N) is 1. The number of hydrogen-bond donors (Lipinski definition) is 1. The van der Waals surface area contributed by atoms with Crippen LogP contribution in [-0.2, 0) is 6.42 Å². The molecule has 1 atom stereocenters. The minimum absolute atomic E-state index is 0.0123. The molecule has 0 aromatic carbocycles. The second kappa shape index (κ2) is 6.01. The van der Waals surface area contributed by atoms with E-state index in [0.29, 0.717) is 5.56 Å². The van der Waals surface area contributed by atoms with E-state index in [1.807, 2.05) is 18.2 Å². The second-order valence-electron chi connectivity index (χ2n) is 6.14. The molecule has 1 unspecified atom stereocenters. The molecule has 0 amide bonds. The molecule has 2 heterocycles. The maximum absolute atomic E-state index is 8.82. The van der Waals surface area contributed by atoms with Crippen molar-refractivity contribution < 1.29 is 4.42 Å². The summed E-state index contributed by atoms with van der Waals surface area (Å²) < 4.78 is 5.90. The fraction of sp³-hybridized carbons (Fsp3) is 0.412. The molecule has 2 aromatic rings. The van der Waals surface area contributed by atoms with Gasteiger partial charge in [-0.15, -0.1) is 0 Å². The zero-order valence-electron chi connectivity index (χ0n) is 13.0. The molecule has 0 bridgehead atoms. The number of hydrogen-bond acceptors (Lipinski definition) is 4. The predicted octanol–water partition coefficient (Wildman–Crippen LogP) is 4.31. The monoisotopic (exact) mass is 283 g/mol. The summed E-state index contributed by atoms with van der Waals surface area (Å²) in [6.45, 7) is 8.54. The van der Waals surface area contributed by atoms with Gasteiger partial charge in [-0.3, -0.25) is 0 Å². The van der Waals surface area contributed by atoms with E-state index < -0.39 is 0 Å². The average molecular weight is 283 g/mol. The van der Waals surface area contributed by atoms with Crippen molar-refractivity contribution in [2.45, 2.75) is 40.2 Å². The number of aromatic nitrogens is 1. The molecule has 4 nitrogen and oxygen atoms in total. The van der Waals surface area contributed by atoms with Gasteiger partial charge in [0.05, 0.1) is 11.6 Å². The third-order valence-electron chi connectivity index (χ3n) is 3.37. The fourth-order valence-electron chi connectivity index (χ4n) is 2.15. The van der Waals surface area contributed by atoms with Crippen LogP contribution >= 0.6 is 0 Å². The van der Waals surface area contributed by atoms with E-state index in [1.165, 1.54) is 0 Å². The van der Waals surface area contributed by atoms with Gasteiger partial charge in [-0.25, -0.2) is 4.98 Å². The largest absolute Gasteiger partial charge is 0.464 e. The SMILES string of the molecule is CCc1ccc(C(Nc2ccc(C#N)cn2)C(C)(C)C)o1. The van der Waals surface area contributed by atoms with Crippen molar-refractivity contribution in [1.29, 1.82) is 5.26 Å². The van der Waals surface area contributed by atoms with Crippen molar-refractivity contribution in [2.75, 3.05) is 5.32 Å². The Bertz CT molecular complexity index is 629. The van der Waals surface area contributed by atoms with Gasteiger partial charge in [-0.1, -0.05) is 27.7 Å². The van der Waals surface area contributed by atoms with Crippen molar-refractivity contribution in [1.82, 2.24) is 4.98 Å². The van der Waals surface area contributed by atoms with Crippen LogP contribution in [0.25, 0.3) is 0 Å². The summed E-state index contributed by atoms with van der Waals surface area (Å²) >= 11 is 0. The smallest absolute Gasteiger partial charge is 0.126 e. The van der Waals surface area contributed by atoms with Crippen molar-refractivity contribution in [2.24, 2.45) is 5.41 Å². The lowest BCUT2D eigenvalue weighted by atomic mass is 9.85. The molecule has 2 aromatic heterocycles. The van der Waals surface area contributed by atoms with Gasteiger partial charge in [0.2, 0.25) is 0 Å². The third-order valence-corrected chi connectivity index (χ3v) is 3.37. The summed E-state index contributed by atoms with van der Waals surface area (Å²) in [7, 11) is 0. The number of furan rings is 1. The van der Waals surface area contributed by atoms with Crippen molar-refractivity contribution in [3.05, 3.63) is 47.5 Å². The van der Waals surface area contributed by atoms with Crippen LogP contribution in [0.15, 0.2) is 34.9 Å². The molecule has 0 aliphatic heterocycles. The Kier molecular flexibility index (Phi) is 4.32. The molecule has 110 valence electrons. The van der Waals surface area contributed by atoms with E-state index in [-0.39, 0.29) is 11.5 Å². The van der Waals surface area contributed by atoms with E-state index in [4.69, 9.17) is 9.68 Å². The molecule has 0 radical (unpaired) electrons. The highest BCUT2D eigenvalue weighted by Crippen LogP contribution is 2.36. The second-order valence-corrected chi connectivity index (χ2v) is 6.14. The minimum atomic E-state index is -0.0293. The number of nitriles is 1. The average Bonchev–Trinajstić information content (AvgIpc) is 2.92. The van der Waals surface area contributed by atoms with Crippen LogP contribution in [0.5, 0.6) is 0 Å². The van der Waals surface area contributed by atoms with Gasteiger partial charge < -0.3 is 9.73 Å². The van der Waals surface area contributed by atoms with Crippen LogP contribution < -0.4 is 5.32 Å². The Labute approximate surface area is 125 Å². The summed E-state index contributed by atoms with van der Waals surface area (Å²) in [4.78, 5) is 4.28. The molecular weight excluding hydrogens is 262 g/mol. The molecule has 0 spiro atoms. The van der Waals surface area contributed by atoms with Crippen LogP contribution in [0.2, 0.25) is 0 Å². The van der Waals surface area contributed by atoms with Gasteiger partial charge in [-0.05, 0) is 29.7 Å². The van der Waals surface area contributed by atoms with Gasteiger partial charge in [0.15, 0.2) is 0 Å². The van der Waals surface area contributed by atoms with E-state index in [1.54, 1.807) is 12.3 Å². The third kappa shape index (κ3) is 3.63. The quantitative estimate of drug-likeness (QED) is 0.908. The van der Waals surface area contributed by atoms with Gasteiger partial charge >= 0.3 is 0 Å². The van der Waals surface area contributed by atoms with Crippen LogP contribution in [0.1, 0.15) is 50.8 Å². The van der Waals surface area contributed by atoms with Gasteiger partial charge in [0.1, 0.15) is 23.4 Å². The number of rotatable bonds is 4. The minimum Gasteiger partial charge on any atom is -0.464 e. The van der Waals surface area contributed by atoms with Gasteiger partial charge in [-0.2, -0.15) is 5.26 Å². The fourth-order valence-corrected chi connectivity index (χ4v) is 2.15. The highest BCUT2D eigenvalue weighted by Gasteiger charge is 2.29. The molecule has 21 heavy (non-hydrogen) atoms. The number of pyridine rings is 1. The van der Waals surface area contributed by atoms with Crippen molar-refractivity contribution >= 4 is 5.82 Å².